The molecule has 0 unspecified atom stereocenters. The largest absolute Gasteiger partial charge is 0.375 e. The van der Waals surface area contributed by atoms with E-state index in [4.69, 9.17) is 0 Å². The number of carbonyl (C=O) groups excluding carboxylic acids is 1. The van der Waals surface area contributed by atoms with Crippen LogP contribution in [-0.2, 0) is 17.9 Å². The fourth-order valence-electron chi connectivity index (χ4n) is 3.08. The second-order valence-corrected chi connectivity index (χ2v) is 6.21. The van der Waals surface area contributed by atoms with Crippen molar-refractivity contribution in [3.8, 4) is 0 Å². The lowest BCUT2D eigenvalue weighted by molar-refractivity contribution is -0.116. The van der Waals surface area contributed by atoms with Crippen LogP contribution in [0.1, 0.15) is 13.8 Å². The average Bonchev–Trinajstić information content (AvgIpc) is 2.92. The molecule has 3 rings (SSSR count). The molecule has 0 radical (unpaired) electrons. The molecule has 0 aliphatic carbocycles. The fourth-order valence-corrected chi connectivity index (χ4v) is 3.08. The van der Waals surface area contributed by atoms with Gasteiger partial charge in [-0.25, -0.2) is 4.79 Å². The molecule has 1 aromatic heterocycles. The summed E-state index contributed by atoms with van der Waals surface area (Å²) in [6, 6.07) is 15.2. The number of benzene rings is 2. The molecule has 6 nitrogen and oxygen atoms in total. The summed E-state index contributed by atoms with van der Waals surface area (Å²) < 4.78 is 3.20. The highest BCUT2D eigenvalue weighted by atomic mass is 16.2. The van der Waals surface area contributed by atoms with Crippen molar-refractivity contribution in [1.82, 2.24) is 9.13 Å². The molecule has 1 N–H and O–H groups in total. The van der Waals surface area contributed by atoms with Crippen molar-refractivity contribution < 1.29 is 4.79 Å². The number of hydrogen-bond acceptors (Lipinski definition) is 3. The second kappa shape index (κ2) is 7.47. The smallest absolute Gasteiger partial charge is 0.329 e. The molecule has 0 saturated carbocycles. The van der Waals surface area contributed by atoms with E-state index in [1.54, 1.807) is 4.57 Å². The lowest BCUT2D eigenvalue weighted by Crippen LogP contribution is -2.29. The monoisotopic (exact) mass is 352 g/mol. The summed E-state index contributed by atoms with van der Waals surface area (Å²) in [6.45, 7) is 5.43. The molecule has 0 aliphatic rings. The Morgan fingerprint density at radius 1 is 1.04 bits per heavy atom. The molecule has 3 aromatic rings. The average molecular weight is 352 g/mol. The van der Waals surface area contributed by atoms with Gasteiger partial charge in [-0.1, -0.05) is 18.2 Å². The molecular weight excluding hydrogens is 328 g/mol. The first-order valence-corrected chi connectivity index (χ1v) is 8.84. The molecule has 26 heavy (non-hydrogen) atoms. The van der Waals surface area contributed by atoms with Crippen molar-refractivity contribution in [2.24, 2.45) is 0 Å². The summed E-state index contributed by atoms with van der Waals surface area (Å²) in [6.07, 6.45) is 0. The van der Waals surface area contributed by atoms with Crippen molar-refractivity contribution in [2.75, 3.05) is 23.8 Å². The number of nitrogens with one attached hydrogen (secondary N) is 1. The topological polar surface area (TPSA) is 59.3 Å². The molecule has 0 atom stereocenters. The Hall–Kier alpha value is -3.02. The number of fused-ring (bicyclic) bond motifs is 1. The summed E-state index contributed by atoms with van der Waals surface area (Å²) in [7, 11) is 2.00. The minimum absolute atomic E-state index is 0.0137. The Labute approximate surface area is 152 Å². The van der Waals surface area contributed by atoms with Crippen LogP contribution >= 0.6 is 0 Å². The molecule has 1 amide bonds. The van der Waals surface area contributed by atoms with E-state index in [9.17, 15) is 9.59 Å². The lowest BCUT2D eigenvalue weighted by Gasteiger charge is -2.17. The number of imidazole rings is 1. The van der Waals surface area contributed by atoms with E-state index in [1.165, 1.54) is 4.57 Å². The second-order valence-electron chi connectivity index (χ2n) is 6.21. The molecule has 2 aromatic carbocycles. The summed E-state index contributed by atoms with van der Waals surface area (Å²) in [5.74, 6) is -0.220. The van der Waals surface area contributed by atoms with Gasteiger partial charge < -0.3 is 10.2 Å². The van der Waals surface area contributed by atoms with Gasteiger partial charge in [-0.2, -0.15) is 0 Å². The quantitative estimate of drug-likeness (QED) is 0.742. The van der Waals surface area contributed by atoms with Crippen molar-refractivity contribution in [3.05, 3.63) is 59.0 Å². The Kier molecular flexibility index (Phi) is 5.11. The van der Waals surface area contributed by atoms with Crippen LogP contribution in [-0.4, -0.2) is 28.6 Å². The Bertz CT molecular complexity index is 987. The van der Waals surface area contributed by atoms with Crippen LogP contribution in [0.3, 0.4) is 0 Å². The number of hydrogen-bond donors (Lipinski definition) is 1. The maximum Gasteiger partial charge on any atom is 0.329 e. The number of amides is 1. The summed E-state index contributed by atoms with van der Waals surface area (Å²) in [4.78, 5) is 27.3. The van der Waals surface area contributed by atoms with Gasteiger partial charge in [-0.05, 0) is 44.2 Å². The van der Waals surface area contributed by atoms with Gasteiger partial charge in [0, 0.05) is 31.5 Å². The minimum atomic E-state index is -0.220. The SMILES string of the molecule is CCN(C)c1cccc(NC(=O)Cn2c(=O)n(CC)c3ccccc32)c1. The summed E-state index contributed by atoms with van der Waals surface area (Å²) >= 11 is 0. The maximum absolute atomic E-state index is 12.6. The highest BCUT2D eigenvalue weighted by Gasteiger charge is 2.14. The number of carbonyl (C=O) groups is 1. The van der Waals surface area contributed by atoms with E-state index < -0.39 is 0 Å². The third-order valence-electron chi connectivity index (χ3n) is 4.59. The van der Waals surface area contributed by atoms with Gasteiger partial charge in [0.15, 0.2) is 0 Å². The molecule has 136 valence electrons. The standard InChI is InChI=1S/C20H24N4O2/c1-4-22(3)16-10-8-9-15(13-16)21-19(25)14-24-18-12-7-6-11-17(18)23(5-2)20(24)26/h6-13H,4-5,14H2,1-3H3,(H,21,25). The fraction of sp³-hybridized carbons (Fsp3) is 0.300. The minimum Gasteiger partial charge on any atom is -0.375 e. The predicted molar refractivity (Wildman–Crippen MR) is 106 cm³/mol. The Balaban J connectivity index is 1.84. The van der Waals surface area contributed by atoms with Crippen LogP contribution < -0.4 is 15.9 Å². The molecule has 0 saturated heterocycles. The van der Waals surface area contributed by atoms with Gasteiger partial charge in [0.1, 0.15) is 6.54 Å². The first-order chi connectivity index (χ1) is 12.5. The number of para-hydroxylation sites is 2. The molecule has 6 heteroatoms. The van der Waals surface area contributed by atoms with Gasteiger partial charge in [-0.15, -0.1) is 0 Å². The molecular formula is C20H24N4O2. The van der Waals surface area contributed by atoms with Crippen LogP contribution in [0.15, 0.2) is 53.3 Å². The lowest BCUT2D eigenvalue weighted by atomic mass is 10.2. The van der Waals surface area contributed by atoms with Crippen molar-refractivity contribution in [1.29, 1.82) is 0 Å². The zero-order valence-electron chi connectivity index (χ0n) is 15.4. The molecule has 1 heterocycles. The Morgan fingerprint density at radius 3 is 2.38 bits per heavy atom. The van der Waals surface area contributed by atoms with Gasteiger partial charge >= 0.3 is 5.69 Å². The van der Waals surface area contributed by atoms with E-state index in [0.717, 1.165) is 29.0 Å². The van der Waals surface area contributed by atoms with E-state index in [0.29, 0.717) is 6.54 Å². The van der Waals surface area contributed by atoms with E-state index in [2.05, 4.69) is 17.1 Å². The summed E-state index contributed by atoms with van der Waals surface area (Å²) in [5, 5.41) is 2.89. The zero-order chi connectivity index (χ0) is 18.7. The highest BCUT2D eigenvalue weighted by Crippen LogP contribution is 2.18. The van der Waals surface area contributed by atoms with E-state index in [1.807, 2.05) is 62.5 Å². The van der Waals surface area contributed by atoms with Gasteiger partial charge in [0.25, 0.3) is 0 Å². The zero-order valence-corrected chi connectivity index (χ0v) is 15.4. The van der Waals surface area contributed by atoms with Gasteiger partial charge in [-0.3, -0.25) is 13.9 Å². The number of rotatable bonds is 6. The third kappa shape index (κ3) is 3.35. The Morgan fingerprint density at radius 2 is 1.73 bits per heavy atom. The maximum atomic E-state index is 12.6. The van der Waals surface area contributed by atoms with Crippen molar-refractivity contribution >= 4 is 28.3 Å². The highest BCUT2D eigenvalue weighted by molar-refractivity contribution is 5.92. The number of aryl methyl sites for hydroxylation is 1. The third-order valence-corrected chi connectivity index (χ3v) is 4.59. The first kappa shape index (κ1) is 17.8. The van der Waals surface area contributed by atoms with Gasteiger partial charge in [0.2, 0.25) is 5.91 Å². The van der Waals surface area contributed by atoms with Crippen LogP contribution in [0.2, 0.25) is 0 Å². The molecule has 0 spiro atoms. The number of aromatic nitrogens is 2. The van der Waals surface area contributed by atoms with Crippen molar-refractivity contribution in [3.63, 3.8) is 0 Å². The van der Waals surface area contributed by atoms with Crippen LogP contribution in [0, 0.1) is 0 Å². The van der Waals surface area contributed by atoms with Crippen molar-refractivity contribution in [2.45, 2.75) is 26.9 Å². The van der Waals surface area contributed by atoms with E-state index in [-0.39, 0.29) is 18.1 Å². The molecule has 0 bridgehead atoms. The van der Waals surface area contributed by atoms with Crippen LogP contribution in [0.4, 0.5) is 11.4 Å². The summed E-state index contributed by atoms with van der Waals surface area (Å²) in [5.41, 5.74) is 3.21. The normalized spacial score (nSPS) is 10.9. The number of anilines is 2. The number of nitrogens with zero attached hydrogens (tertiary/aromatic N) is 3. The van der Waals surface area contributed by atoms with Gasteiger partial charge in [0.05, 0.1) is 11.0 Å². The molecule has 0 fully saturated rings. The first-order valence-electron chi connectivity index (χ1n) is 8.84. The predicted octanol–water partition coefficient (Wildman–Crippen LogP) is 2.92. The van der Waals surface area contributed by atoms with E-state index >= 15 is 0 Å². The van der Waals surface area contributed by atoms with Crippen LogP contribution in [0.5, 0.6) is 0 Å². The van der Waals surface area contributed by atoms with Crippen LogP contribution in [0.25, 0.3) is 11.0 Å². The molecule has 0 aliphatic heterocycles.